The van der Waals surface area contributed by atoms with Crippen molar-refractivity contribution in [1.82, 2.24) is 14.6 Å². The minimum absolute atomic E-state index is 0.0177. The third-order valence-corrected chi connectivity index (χ3v) is 6.73. The van der Waals surface area contributed by atoms with E-state index < -0.39 is 11.0 Å². The molecule has 1 aliphatic rings. The third-order valence-electron chi connectivity index (χ3n) is 5.61. The van der Waals surface area contributed by atoms with Gasteiger partial charge in [0, 0.05) is 17.2 Å². The van der Waals surface area contributed by atoms with Crippen molar-refractivity contribution in [2.45, 2.75) is 37.5 Å². The molecule has 0 radical (unpaired) electrons. The predicted octanol–water partition coefficient (Wildman–Crippen LogP) is 4.83. The highest BCUT2D eigenvalue weighted by atomic mass is 32.2. The van der Waals surface area contributed by atoms with Crippen molar-refractivity contribution in [3.63, 3.8) is 0 Å². The fraction of sp³-hybridized carbons (Fsp3) is 0.240. The van der Waals surface area contributed by atoms with Crippen LogP contribution in [0.2, 0.25) is 0 Å². The number of rotatable bonds is 8. The van der Waals surface area contributed by atoms with Gasteiger partial charge in [0.1, 0.15) is 11.0 Å². The van der Waals surface area contributed by atoms with Crippen LogP contribution < -0.4 is 10.0 Å². The van der Waals surface area contributed by atoms with Crippen LogP contribution in [0, 0.1) is 5.92 Å². The first-order valence-electron chi connectivity index (χ1n) is 11.1. The number of carbonyl (C=O) groups excluding carboxylic acids is 1. The highest BCUT2D eigenvalue weighted by Crippen LogP contribution is 2.30. The van der Waals surface area contributed by atoms with Gasteiger partial charge in [-0.15, -0.1) is 5.10 Å². The molecule has 1 saturated carbocycles. The molecule has 0 saturated heterocycles. The number of anilines is 2. The van der Waals surface area contributed by atoms with Crippen LogP contribution in [-0.2, 0) is 22.2 Å². The molecule has 2 aromatic carbocycles. The van der Waals surface area contributed by atoms with Crippen LogP contribution in [0.4, 0.5) is 11.6 Å². The second-order valence-corrected chi connectivity index (χ2v) is 9.44. The summed E-state index contributed by atoms with van der Waals surface area (Å²) in [5.41, 5.74) is 4.46. The fourth-order valence-corrected chi connectivity index (χ4v) is 4.53. The number of fused-ring (bicyclic) bond motifs is 1. The Balaban J connectivity index is 1.32. The summed E-state index contributed by atoms with van der Waals surface area (Å²) < 4.78 is 17.5. The Morgan fingerprint density at radius 2 is 1.82 bits per heavy atom. The van der Waals surface area contributed by atoms with E-state index >= 15 is 0 Å². The molecular weight excluding hydrogens is 434 g/mol. The van der Waals surface area contributed by atoms with Crippen LogP contribution in [0.3, 0.4) is 0 Å². The van der Waals surface area contributed by atoms with Crippen LogP contribution in [0.1, 0.15) is 31.7 Å². The van der Waals surface area contributed by atoms with Crippen LogP contribution in [0.5, 0.6) is 0 Å². The Kier molecular flexibility index (Phi) is 5.92. The normalized spacial score (nSPS) is 14.2. The highest BCUT2D eigenvalue weighted by molar-refractivity contribution is 7.86. The van der Waals surface area contributed by atoms with E-state index in [0.717, 1.165) is 47.5 Å². The zero-order chi connectivity index (χ0) is 22.8. The molecule has 1 unspecified atom stereocenters. The number of pyridine rings is 1. The molecule has 8 heteroatoms. The molecule has 0 bridgehead atoms. The number of hydrogen-bond donors (Lipinski definition) is 2. The maximum absolute atomic E-state index is 12.7. The summed E-state index contributed by atoms with van der Waals surface area (Å²) in [5, 5.41) is 7.28. The van der Waals surface area contributed by atoms with Gasteiger partial charge in [-0.05, 0) is 61.2 Å². The molecule has 7 nitrogen and oxygen atoms in total. The lowest BCUT2D eigenvalue weighted by molar-refractivity contribution is -0.117. The second kappa shape index (κ2) is 9.15. The average molecular weight is 460 g/mol. The molecule has 2 aromatic heterocycles. The van der Waals surface area contributed by atoms with Gasteiger partial charge >= 0.3 is 0 Å². The molecule has 4 aromatic rings. The summed E-state index contributed by atoms with van der Waals surface area (Å²) >= 11 is 0. The number of hydrogen-bond acceptors (Lipinski definition) is 4. The van der Waals surface area contributed by atoms with Crippen molar-refractivity contribution in [2.75, 3.05) is 10.0 Å². The van der Waals surface area contributed by atoms with Crippen molar-refractivity contribution in [3.8, 4) is 11.3 Å². The van der Waals surface area contributed by atoms with Gasteiger partial charge in [0.2, 0.25) is 11.9 Å². The van der Waals surface area contributed by atoms with E-state index in [2.05, 4.69) is 27.0 Å². The zero-order valence-corrected chi connectivity index (χ0v) is 19.1. The van der Waals surface area contributed by atoms with E-state index in [0.29, 0.717) is 11.6 Å². The number of nitrogens with one attached hydrogen (secondary N) is 2. The highest BCUT2D eigenvalue weighted by Gasteiger charge is 2.30. The standard InChI is InChI=1S/C25H25N5O2S/c1-2-4-17-7-15-21(16-8-17)33(32)29-20-13-11-18(12-14-20)22-5-3-6-23-26-25(28-30(22)23)27-24(31)19-9-10-19/h3,5-8,11-16,19,29H,2,4,9-10H2,1H3,(H,27,28,31). The molecule has 2 N–H and O–H groups in total. The first-order chi connectivity index (χ1) is 16.1. The SMILES string of the molecule is CCCc1ccc(S(=O)Nc2ccc(-c3cccc4nc(NC(=O)C5CC5)nn34)cc2)cc1. The van der Waals surface area contributed by atoms with Gasteiger partial charge in [-0.1, -0.05) is 43.7 Å². The molecule has 1 atom stereocenters. The number of aromatic nitrogens is 3. The largest absolute Gasteiger partial charge is 0.301 e. The molecule has 0 spiro atoms. The van der Waals surface area contributed by atoms with Crippen LogP contribution >= 0.6 is 0 Å². The summed E-state index contributed by atoms with van der Waals surface area (Å²) in [6.45, 7) is 2.15. The van der Waals surface area contributed by atoms with E-state index in [1.165, 1.54) is 5.56 Å². The van der Waals surface area contributed by atoms with Crippen LogP contribution in [0.25, 0.3) is 16.9 Å². The first-order valence-corrected chi connectivity index (χ1v) is 12.3. The number of nitrogens with zero attached hydrogens (tertiary/aromatic N) is 3. The molecule has 5 rings (SSSR count). The van der Waals surface area contributed by atoms with Gasteiger partial charge in [-0.2, -0.15) is 4.98 Å². The summed E-state index contributed by atoms with van der Waals surface area (Å²) in [5.74, 6) is 0.393. The summed E-state index contributed by atoms with van der Waals surface area (Å²) in [4.78, 5) is 17.2. The number of benzene rings is 2. The number of amides is 1. The van der Waals surface area contributed by atoms with E-state index in [4.69, 9.17) is 0 Å². The van der Waals surface area contributed by atoms with Gasteiger partial charge in [-0.25, -0.2) is 8.72 Å². The lowest BCUT2D eigenvalue weighted by Crippen LogP contribution is -2.14. The number of carbonyl (C=O) groups is 1. The average Bonchev–Trinajstić information content (AvgIpc) is 3.60. The lowest BCUT2D eigenvalue weighted by Gasteiger charge is -2.09. The monoisotopic (exact) mass is 459 g/mol. The van der Waals surface area contributed by atoms with E-state index in [1.54, 1.807) is 4.52 Å². The maximum atomic E-state index is 12.7. The van der Waals surface area contributed by atoms with Crippen molar-refractivity contribution >= 4 is 34.2 Å². The first kappa shape index (κ1) is 21.3. The lowest BCUT2D eigenvalue weighted by atomic mass is 10.1. The van der Waals surface area contributed by atoms with Gasteiger partial charge in [0.05, 0.1) is 10.6 Å². The van der Waals surface area contributed by atoms with Crippen molar-refractivity contribution in [1.29, 1.82) is 0 Å². The summed E-state index contributed by atoms with van der Waals surface area (Å²) in [6.07, 6.45) is 3.97. The Hall–Kier alpha value is -3.52. The second-order valence-electron chi connectivity index (χ2n) is 8.22. The zero-order valence-electron chi connectivity index (χ0n) is 18.3. The maximum Gasteiger partial charge on any atom is 0.249 e. The summed E-state index contributed by atoms with van der Waals surface area (Å²) in [7, 11) is -1.34. The Morgan fingerprint density at radius 3 is 2.52 bits per heavy atom. The van der Waals surface area contributed by atoms with E-state index in [-0.39, 0.29) is 11.8 Å². The Morgan fingerprint density at radius 1 is 1.06 bits per heavy atom. The van der Waals surface area contributed by atoms with E-state index in [1.807, 2.05) is 66.7 Å². The summed E-state index contributed by atoms with van der Waals surface area (Å²) in [6, 6.07) is 21.3. The molecular formula is C25H25N5O2S. The molecule has 168 valence electrons. The fourth-order valence-electron chi connectivity index (χ4n) is 3.68. The van der Waals surface area contributed by atoms with Crippen molar-refractivity contribution in [2.24, 2.45) is 5.92 Å². The van der Waals surface area contributed by atoms with Gasteiger partial charge in [0.25, 0.3) is 0 Å². The Bertz CT molecular complexity index is 1310. The molecule has 0 aliphatic heterocycles. The van der Waals surface area contributed by atoms with Gasteiger partial charge in [-0.3, -0.25) is 10.1 Å². The molecule has 1 aliphatic carbocycles. The quantitative estimate of drug-likeness (QED) is 0.395. The van der Waals surface area contributed by atoms with E-state index in [9.17, 15) is 9.00 Å². The molecule has 2 heterocycles. The van der Waals surface area contributed by atoms with Crippen LogP contribution in [-0.4, -0.2) is 24.7 Å². The minimum Gasteiger partial charge on any atom is -0.301 e. The van der Waals surface area contributed by atoms with Crippen molar-refractivity contribution < 1.29 is 9.00 Å². The van der Waals surface area contributed by atoms with Crippen LogP contribution in [0.15, 0.2) is 71.6 Å². The topological polar surface area (TPSA) is 88.4 Å². The Labute approximate surface area is 194 Å². The van der Waals surface area contributed by atoms with Gasteiger partial charge in [0.15, 0.2) is 5.65 Å². The third kappa shape index (κ3) is 4.80. The molecule has 33 heavy (non-hydrogen) atoms. The van der Waals surface area contributed by atoms with Crippen molar-refractivity contribution in [3.05, 3.63) is 72.3 Å². The minimum atomic E-state index is -1.34. The van der Waals surface area contributed by atoms with Gasteiger partial charge < -0.3 is 4.72 Å². The smallest absolute Gasteiger partial charge is 0.249 e. The molecule has 1 amide bonds. The predicted molar refractivity (Wildman–Crippen MR) is 130 cm³/mol. The number of aryl methyl sites for hydroxylation is 1. The molecule has 1 fully saturated rings.